The lowest BCUT2D eigenvalue weighted by Gasteiger charge is -2.17. The normalized spacial score (nSPS) is 19.9. The molecule has 0 bridgehead atoms. The van der Waals surface area contributed by atoms with Gasteiger partial charge in [-0.25, -0.2) is 0 Å². The van der Waals surface area contributed by atoms with Crippen LogP contribution in [-0.2, 0) is 4.79 Å². The maximum absolute atomic E-state index is 12.1. The number of nitrogens with one attached hydrogen (secondary N) is 1. The zero-order chi connectivity index (χ0) is 16.8. The molecule has 126 valence electrons. The molecule has 3 nitrogen and oxygen atoms in total. The third-order valence-corrected chi connectivity index (χ3v) is 4.77. The largest absolute Gasteiger partial charge is 0.492 e. The minimum atomic E-state index is 0.0888. The molecule has 24 heavy (non-hydrogen) atoms. The molecule has 0 radical (unpaired) electrons. The molecule has 1 aliphatic carbocycles. The SMILES string of the molecule is CC1CCCC1NC(=O)CCOc1ccccc1-c1ccccc1. The summed E-state index contributed by atoms with van der Waals surface area (Å²) in [5.74, 6) is 1.50. The van der Waals surface area contributed by atoms with Crippen molar-refractivity contribution in [1.29, 1.82) is 0 Å². The first-order chi connectivity index (χ1) is 11.7. The van der Waals surface area contributed by atoms with E-state index < -0.39 is 0 Å². The predicted octanol–water partition coefficient (Wildman–Crippen LogP) is 4.43. The van der Waals surface area contributed by atoms with E-state index in [0.717, 1.165) is 23.3 Å². The minimum absolute atomic E-state index is 0.0888. The van der Waals surface area contributed by atoms with Gasteiger partial charge in [0, 0.05) is 11.6 Å². The van der Waals surface area contributed by atoms with Crippen LogP contribution in [0.4, 0.5) is 0 Å². The number of benzene rings is 2. The fourth-order valence-electron chi connectivity index (χ4n) is 3.34. The molecular formula is C21H25NO2. The Labute approximate surface area is 144 Å². The number of carbonyl (C=O) groups excluding carboxylic acids is 1. The van der Waals surface area contributed by atoms with Gasteiger partial charge < -0.3 is 10.1 Å². The van der Waals surface area contributed by atoms with Crippen LogP contribution in [0.3, 0.4) is 0 Å². The fraction of sp³-hybridized carbons (Fsp3) is 0.381. The summed E-state index contributed by atoms with van der Waals surface area (Å²) in [5.41, 5.74) is 2.18. The molecule has 3 rings (SSSR count). The average Bonchev–Trinajstić information content (AvgIpc) is 3.01. The first kappa shape index (κ1) is 16.6. The number of hydrogen-bond acceptors (Lipinski definition) is 2. The van der Waals surface area contributed by atoms with E-state index in [4.69, 9.17) is 4.74 Å². The molecular weight excluding hydrogens is 298 g/mol. The van der Waals surface area contributed by atoms with Crippen LogP contribution in [0.1, 0.15) is 32.6 Å². The van der Waals surface area contributed by atoms with Gasteiger partial charge in [-0.2, -0.15) is 0 Å². The Morgan fingerprint density at radius 2 is 1.83 bits per heavy atom. The topological polar surface area (TPSA) is 38.3 Å². The van der Waals surface area contributed by atoms with Crippen molar-refractivity contribution in [2.75, 3.05) is 6.61 Å². The van der Waals surface area contributed by atoms with E-state index in [2.05, 4.69) is 24.4 Å². The lowest BCUT2D eigenvalue weighted by atomic mass is 10.1. The standard InChI is InChI=1S/C21H25NO2/c1-16-8-7-12-19(16)22-21(23)14-15-24-20-13-6-5-11-18(20)17-9-3-2-4-10-17/h2-6,9-11,13,16,19H,7-8,12,14-15H2,1H3,(H,22,23). The highest BCUT2D eigenvalue weighted by Gasteiger charge is 2.24. The van der Waals surface area contributed by atoms with Gasteiger partial charge in [-0.15, -0.1) is 0 Å². The third kappa shape index (κ3) is 4.16. The van der Waals surface area contributed by atoms with E-state index in [1.165, 1.54) is 12.8 Å². The van der Waals surface area contributed by atoms with E-state index in [1.807, 2.05) is 42.5 Å². The van der Waals surface area contributed by atoms with Crippen LogP contribution in [0.5, 0.6) is 5.75 Å². The number of hydrogen-bond donors (Lipinski definition) is 1. The van der Waals surface area contributed by atoms with Crippen molar-refractivity contribution < 1.29 is 9.53 Å². The lowest BCUT2D eigenvalue weighted by Crippen LogP contribution is -2.37. The first-order valence-electron chi connectivity index (χ1n) is 8.80. The third-order valence-electron chi connectivity index (χ3n) is 4.77. The van der Waals surface area contributed by atoms with Crippen LogP contribution < -0.4 is 10.1 Å². The van der Waals surface area contributed by atoms with E-state index in [1.54, 1.807) is 0 Å². The van der Waals surface area contributed by atoms with Crippen LogP contribution >= 0.6 is 0 Å². The Bertz CT molecular complexity index is 669. The Hall–Kier alpha value is -2.29. The molecule has 0 aliphatic heterocycles. The molecule has 2 unspecified atom stereocenters. The van der Waals surface area contributed by atoms with Gasteiger partial charge >= 0.3 is 0 Å². The van der Waals surface area contributed by atoms with E-state index in [0.29, 0.717) is 25.0 Å². The van der Waals surface area contributed by atoms with Gasteiger partial charge in [0.15, 0.2) is 0 Å². The van der Waals surface area contributed by atoms with Crippen molar-refractivity contribution in [1.82, 2.24) is 5.32 Å². The van der Waals surface area contributed by atoms with Crippen LogP contribution in [0.2, 0.25) is 0 Å². The van der Waals surface area contributed by atoms with Crippen molar-refractivity contribution in [3.63, 3.8) is 0 Å². The molecule has 1 N–H and O–H groups in total. The molecule has 1 fully saturated rings. The van der Waals surface area contributed by atoms with E-state index in [-0.39, 0.29) is 5.91 Å². The summed E-state index contributed by atoms with van der Waals surface area (Å²) in [6, 6.07) is 18.5. The van der Waals surface area contributed by atoms with Crippen LogP contribution in [0, 0.1) is 5.92 Å². The second-order valence-corrected chi connectivity index (χ2v) is 6.54. The molecule has 0 heterocycles. The number of rotatable bonds is 6. The van der Waals surface area contributed by atoms with Gasteiger partial charge in [-0.05, 0) is 30.4 Å². The van der Waals surface area contributed by atoms with Gasteiger partial charge in [-0.3, -0.25) is 4.79 Å². The lowest BCUT2D eigenvalue weighted by molar-refractivity contribution is -0.122. The highest BCUT2D eigenvalue weighted by Crippen LogP contribution is 2.29. The van der Waals surface area contributed by atoms with Crippen LogP contribution in [-0.4, -0.2) is 18.6 Å². The Morgan fingerprint density at radius 3 is 2.58 bits per heavy atom. The van der Waals surface area contributed by atoms with Gasteiger partial charge in [0.2, 0.25) is 5.91 Å². The molecule has 2 atom stereocenters. The molecule has 2 aromatic carbocycles. The zero-order valence-electron chi connectivity index (χ0n) is 14.2. The smallest absolute Gasteiger partial charge is 0.223 e. The minimum Gasteiger partial charge on any atom is -0.492 e. The average molecular weight is 323 g/mol. The summed E-state index contributed by atoms with van der Waals surface area (Å²) in [6.45, 7) is 2.61. The van der Waals surface area contributed by atoms with Crippen molar-refractivity contribution in [3.8, 4) is 16.9 Å². The monoisotopic (exact) mass is 323 g/mol. The number of carbonyl (C=O) groups is 1. The molecule has 0 saturated heterocycles. The van der Waals surface area contributed by atoms with Gasteiger partial charge in [0.1, 0.15) is 5.75 Å². The van der Waals surface area contributed by atoms with Gasteiger partial charge in [0.25, 0.3) is 0 Å². The van der Waals surface area contributed by atoms with Crippen molar-refractivity contribution in [3.05, 3.63) is 54.6 Å². The summed E-state index contributed by atoms with van der Waals surface area (Å²) in [4.78, 5) is 12.1. The fourth-order valence-corrected chi connectivity index (χ4v) is 3.34. The molecule has 1 saturated carbocycles. The predicted molar refractivity (Wildman–Crippen MR) is 96.9 cm³/mol. The molecule has 1 aliphatic rings. The van der Waals surface area contributed by atoms with Crippen molar-refractivity contribution in [2.45, 2.75) is 38.6 Å². The maximum Gasteiger partial charge on any atom is 0.223 e. The summed E-state index contributed by atoms with van der Waals surface area (Å²) >= 11 is 0. The quantitative estimate of drug-likeness (QED) is 0.854. The highest BCUT2D eigenvalue weighted by atomic mass is 16.5. The van der Waals surface area contributed by atoms with Gasteiger partial charge in [-0.1, -0.05) is 61.9 Å². The summed E-state index contributed by atoms with van der Waals surface area (Å²) < 4.78 is 5.89. The van der Waals surface area contributed by atoms with E-state index >= 15 is 0 Å². The number of ether oxygens (including phenoxy) is 1. The number of amides is 1. The highest BCUT2D eigenvalue weighted by molar-refractivity contribution is 5.76. The van der Waals surface area contributed by atoms with Crippen LogP contribution in [0.25, 0.3) is 11.1 Å². The van der Waals surface area contributed by atoms with E-state index in [9.17, 15) is 4.79 Å². The van der Waals surface area contributed by atoms with Gasteiger partial charge in [0.05, 0.1) is 13.0 Å². The molecule has 0 aromatic heterocycles. The zero-order valence-corrected chi connectivity index (χ0v) is 14.2. The Balaban J connectivity index is 1.55. The van der Waals surface area contributed by atoms with Crippen LogP contribution in [0.15, 0.2) is 54.6 Å². The molecule has 0 spiro atoms. The Kier molecular flexibility index (Phi) is 5.52. The summed E-state index contributed by atoms with van der Waals surface area (Å²) in [6.07, 6.45) is 3.93. The van der Waals surface area contributed by atoms with Crippen molar-refractivity contribution in [2.24, 2.45) is 5.92 Å². The Morgan fingerprint density at radius 1 is 1.08 bits per heavy atom. The first-order valence-corrected chi connectivity index (χ1v) is 8.80. The van der Waals surface area contributed by atoms with Crippen molar-refractivity contribution >= 4 is 5.91 Å². The molecule has 2 aromatic rings. The second-order valence-electron chi connectivity index (χ2n) is 6.54. The summed E-state index contributed by atoms with van der Waals surface area (Å²) in [7, 11) is 0. The summed E-state index contributed by atoms with van der Waals surface area (Å²) in [5, 5.41) is 3.14. The number of para-hydroxylation sites is 1. The second kappa shape index (κ2) is 8.00. The maximum atomic E-state index is 12.1. The molecule has 1 amide bonds. The molecule has 3 heteroatoms.